The molecule has 1 N–H and O–H groups in total. The highest BCUT2D eigenvalue weighted by Gasteiger charge is 2.01. The van der Waals surface area contributed by atoms with Gasteiger partial charge in [0.25, 0.3) is 0 Å². The molecule has 0 saturated carbocycles. The molecule has 0 fully saturated rings. The van der Waals surface area contributed by atoms with Crippen LogP contribution in [-0.2, 0) is 0 Å². The lowest BCUT2D eigenvalue weighted by Gasteiger charge is -2.11. The van der Waals surface area contributed by atoms with E-state index in [1.807, 2.05) is 7.05 Å². The third-order valence-electron chi connectivity index (χ3n) is 2.31. The molecule has 0 aromatic heterocycles. The summed E-state index contributed by atoms with van der Waals surface area (Å²) < 4.78 is 0. The summed E-state index contributed by atoms with van der Waals surface area (Å²) >= 11 is 0. The molecule has 1 aliphatic carbocycles. The van der Waals surface area contributed by atoms with Crippen molar-refractivity contribution in [3.63, 3.8) is 0 Å². The van der Waals surface area contributed by atoms with Gasteiger partial charge in [-0.2, -0.15) is 0 Å². The SMILES string of the molecule is CNCCCC1=CCCCC1. The largest absolute Gasteiger partial charge is 0.320 e. The van der Waals surface area contributed by atoms with Crippen LogP contribution in [0.2, 0.25) is 0 Å². The summed E-state index contributed by atoms with van der Waals surface area (Å²) in [5.41, 5.74) is 1.70. The van der Waals surface area contributed by atoms with Crippen LogP contribution >= 0.6 is 0 Å². The van der Waals surface area contributed by atoms with Crippen LogP contribution in [0, 0.1) is 0 Å². The first kappa shape index (κ1) is 8.79. The fourth-order valence-electron chi connectivity index (χ4n) is 1.62. The molecule has 1 heteroatoms. The van der Waals surface area contributed by atoms with Gasteiger partial charge in [-0.15, -0.1) is 0 Å². The second kappa shape index (κ2) is 5.36. The van der Waals surface area contributed by atoms with E-state index in [0.717, 1.165) is 6.54 Å². The maximum absolute atomic E-state index is 3.18. The molecule has 0 heterocycles. The predicted octanol–water partition coefficient (Wildman–Crippen LogP) is 2.49. The van der Waals surface area contributed by atoms with Gasteiger partial charge >= 0.3 is 0 Å². The molecular weight excluding hydrogens is 134 g/mol. The van der Waals surface area contributed by atoms with Crippen LogP contribution in [-0.4, -0.2) is 13.6 Å². The number of nitrogens with one attached hydrogen (secondary N) is 1. The van der Waals surface area contributed by atoms with Gasteiger partial charge in [-0.25, -0.2) is 0 Å². The molecule has 0 unspecified atom stereocenters. The van der Waals surface area contributed by atoms with Crippen LogP contribution in [0.4, 0.5) is 0 Å². The summed E-state index contributed by atoms with van der Waals surface area (Å²) in [5, 5.41) is 3.18. The summed E-state index contributed by atoms with van der Waals surface area (Å²) in [5.74, 6) is 0. The minimum Gasteiger partial charge on any atom is -0.320 e. The van der Waals surface area contributed by atoms with Gasteiger partial charge in [-0.1, -0.05) is 11.6 Å². The molecule has 0 saturated heterocycles. The van der Waals surface area contributed by atoms with Gasteiger partial charge < -0.3 is 5.32 Å². The van der Waals surface area contributed by atoms with Crippen molar-refractivity contribution in [1.82, 2.24) is 5.32 Å². The number of allylic oxidation sites excluding steroid dienone is 2. The summed E-state index contributed by atoms with van der Waals surface area (Å²) in [6, 6.07) is 0. The first-order valence-electron chi connectivity index (χ1n) is 4.76. The molecule has 0 atom stereocenters. The molecule has 0 aliphatic heterocycles. The summed E-state index contributed by atoms with van der Waals surface area (Å²) in [7, 11) is 2.02. The Balaban J connectivity index is 2.09. The van der Waals surface area contributed by atoms with Crippen LogP contribution in [0.5, 0.6) is 0 Å². The van der Waals surface area contributed by atoms with E-state index in [4.69, 9.17) is 0 Å². The third-order valence-corrected chi connectivity index (χ3v) is 2.31. The van der Waals surface area contributed by atoms with Crippen molar-refractivity contribution < 1.29 is 0 Å². The molecular formula is C10H19N. The first-order chi connectivity index (χ1) is 5.43. The zero-order chi connectivity index (χ0) is 7.94. The monoisotopic (exact) mass is 153 g/mol. The molecule has 0 spiro atoms. The van der Waals surface area contributed by atoms with Crippen molar-refractivity contribution in [2.24, 2.45) is 0 Å². The molecule has 0 bridgehead atoms. The van der Waals surface area contributed by atoms with Crippen molar-refractivity contribution >= 4 is 0 Å². The molecule has 1 nitrogen and oxygen atoms in total. The van der Waals surface area contributed by atoms with Crippen molar-refractivity contribution in [1.29, 1.82) is 0 Å². The van der Waals surface area contributed by atoms with Crippen molar-refractivity contribution in [2.45, 2.75) is 38.5 Å². The topological polar surface area (TPSA) is 12.0 Å². The molecule has 1 aliphatic rings. The minimum absolute atomic E-state index is 1.16. The lowest BCUT2D eigenvalue weighted by atomic mass is 9.96. The fourth-order valence-corrected chi connectivity index (χ4v) is 1.62. The highest BCUT2D eigenvalue weighted by molar-refractivity contribution is 5.04. The first-order valence-corrected chi connectivity index (χ1v) is 4.76. The van der Waals surface area contributed by atoms with Crippen molar-refractivity contribution in [3.05, 3.63) is 11.6 Å². The van der Waals surface area contributed by atoms with Gasteiger partial charge in [-0.3, -0.25) is 0 Å². The standard InChI is InChI=1S/C10H19N/c1-11-9-5-8-10-6-3-2-4-7-10/h6,11H,2-5,7-9H2,1H3. The molecule has 0 radical (unpaired) electrons. The Labute approximate surface area is 69.9 Å². The molecule has 64 valence electrons. The summed E-state index contributed by atoms with van der Waals surface area (Å²) in [6.07, 6.45) is 10.6. The van der Waals surface area contributed by atoms with Gasteiger partial charge in [0.2, 0.25) is 0 Å². The van der Waals surface area contributed by atoms with Crippen LogP contribution < -0.4 is 5.32 Å². The molecule has 0 aromatic carbocycles. The van der Waals surface area contributed by atoms with Gasteiger partial charge in [0, 0.05) is 0 Å². The normalized spacial score (nSPS) is 18.1. The van der Waals surface area contributed by atoms with E-state index in [9.17, 15) is 0 Å². The second-order valence-electron chi connectivity index (χ2n) is 3.32. The Kier molecular flexibility index (Phi) is 4.29. The predicted molar refractivity (Wildman–Crippen MR) is 49.7 cm³/mol. The Morgan fingerprint density at radius 3 is 3.00 bits per heavy atom. The minimum atomic E-state index is 1.16. The number of hydrogen-bond acceptors (Lipinski definition) is 1. The quantitative estimate of drug-likeness (QED) is 0.483. The lowest BCUT2D eigenvalue weighted by molar-refractivity contribution is 0.644. The number of rotatable bonds is 4. The van der Waals surface area contributed by atoms with Gasteiger partial charge in [0.05, 0.1) is 0 Å². The van der Waals surface area contributed by atoms with E-state index in [0.29, 0.717) is 0 Å². The van der Waals surface area contributed by atoms with Gasteiger partial charge in [0.15, 0.2) is 0 Å². The fraction of sp³-hybridized carbons (Fsp3) is 0.800. The zero-order valence-corrected chi connectivity index (χ0v) is 7.53. The van der Waals surface area contributed by atoms with Crippen LogP contribution in [0.1, 0.15) is 38.5 Å². The zero-order valence-electron chi connectivity index (χ0n) is 7.53. The second-order valence-corrected chi connectivity index (χ2v) is 3.32. The highest BCUT2D eigenvalue weighted by Crippen LogP contribution is 2.20. The molecule has 1 rings (SSSR count). The van der Waals surface area contributed by atoms with Crippen LogP contribution in [0.25, 0.3) is 0 Å². The lowest BCUT2D eigenvalue weighted by Crippen LogP contribution is -2.07. The summed E-state index contributed by atoms with van der Waals surface area (Å²) in [6.45, 7) is 1.16. The molecule has 11 heavy (non-hydrogen) atoms. The Hall–Kier alpha value is -0.300. The van der Waals surface area contributed by atoms with Gasteiger partial charge in [0.1, 0.15) is 0 Å². The van der Waals surface area contributed by atoms with Crippen molar-refractivity contribution in [2.75, 3.05) is 13.6 Å². The maximum Gasteiger partial charge on any atom is -0.00489 e. The van der Waals surface area contributed by atoms with Gasteiger partial charge in [-0.05, 0) is 52.1 Å². The molecule has 0 aromatic rings. The van der Waals surface area contributed by atoms with E-state index < -0.39 is 0 Å². The van der Waals surface area contributed by atoms with E-state index in [1.54, 1.807) is 5.57 Å². The van der Waals surface area contributed by atoms with Crippen LogP contribution in [0.3, 0.4) is 0 Å². The Bertz CT molecular complexity index is 127. The van der Waals surface area contributed by atoms with Crippen LogP contribution in [0.15, 0.2) is 11.6 Å². The number of hydrogen-bond donors (Lipinski definition) is 1. The smallest absolute Gasteiger partial charge is 0.00489 e. The van der Waals surface area contributed by atoms with Crippen molar-refractivity contribution in [3.8, 4) is 0 Å². The maximum atomic E-state index is 3.18. The van der Waals surface area contributed by atoms with E-state index in [2.05, 4.69) is 11.4 Å². The average molecular weight is 153 g/mol. The van der Waals surface area contributed by atoms with E-state index >= 15 is 0 Å². The summed E-state index contributed by atoms with van der Waals surface area (Å²) in [4.78, 5) is 0. The Morgan fingerprint density at radius 1 is 1.45 bits per heavy atom. The van der Waals surface area contributed by atoms with E-state index in [-0.39, 0.29) is 0 Å². The third kappa shape index (κ3) is 3.57. The Morgan fingerprint density at radius 2 is 2.36 bits per heavy atom. The highest BCUT2D eigenvalue weighted by atomic mass is 14.8. The van der Waals surface area contributed by atoms with E-state index in [1.165, 1.54) is 38.5 Å². The molecule has 0 amide bonds. The average Bonchev–Trinajstić information content (AvgIpc) is 2.07.